The van der Waals surface area contributed by atoms with Crippen molar-refractivity contribution in [1.82, 2.24) is 14.8 Å². The SMILES string of the molecule is CN(C(=O)c1nn(C)c(=O)[nH]1)c1ccccc1. The fourth-order valence-corrected chi connectivity index (χ4v) is 1.43. The van der Waals surface area contributed by atoms with Crippen LogP contribution in [0.1, 0.15) is 10.6 Å². The van der Waals surface area contributed by atoms with Gasteiger partial charge in [-0.1, -0.05) is 18.2 Å². The van der Waals surface area contributed by atoms with E-state index in [1.54, 1.807) is 19.2 Å². The summed E-state index contributed by atoms with van der Waals surface area (Å²) in [6, 6.07) is 9.14. The van der Waals surface area contributed by atoms with Crippen molar-refractivity contribution in [2.24, 2.45) is 7.05 Å². The van der Waals surface area contributed by atoms with E-state index in [2.05, 4.69) is 10.1 Å². The molecule has 0 radical (unpaired) electrons. The molecule has 0 saturated heterocycles. The number of nitrogens with zero attached hydrogens (tertiary/aromatic N) is 3. The molecule has 0 spiro atoms. The molecule has 0 aliphatic carbocycles. The molecule has 17 heavy (non-hydrogen) atoms. The summed E-state index contributed by atoms with van der Waals surface area (Å²) in [5.74, 6) is -0.322. The van der Waals surface area contributed by atoms with E-state index in [1.807, 2.05) is 18.2 Å². The highest BCUT2D eigenvalue weighted by Crippen LogP contribution is 2.12. The Labute approximate surface area is 97.5 Å². The Morgan fingerprint density at radius 1 is 1.35 bits per heavy atom. The lowest BCUT2D eigenvalue weighted by Gasteiger charge is -2.15. The average molecular weight is 232 g/mol. The highest BCUT2D eigenvalue weighted by atomic mass is 16.2. The van der Waals surface area contributed by atoms with Gasteiger partial charge in [0, 0.05) is 19.8 Å². The number of carbonyl (C=O) groups excluding carboxylic acids is 1. The molecule has 0 atom stereocenters. The Morgan fingerprint density at radius 2 is 2.00 bits per heavy atom. The van der Waals surface area contributed by atoms with Gasteiger partial charge in [-0.15, -0.1) is 5.10 Å². The summed E-state index contributed by atoms with van der Waals surface area (Å²) in [5, 5.41) is 3.81. The maximum atomic E-state index is 12.0. The second kappa shape index (κ2) is 4.25. The van der Waals surface area contributed by atoms with E-state index < -0.39 is 5.69 Å². The van der Waals surface area contributed by atoms with Gasteiger partial charge in [0.25, 0.3) is 5.91 Å². The number of anilines is 1. The van der Waals surface area contributed by atoms with Crippen LogP contribution in [-0.2, 0) is 7.05 Å². The summed E-state index contributed by atoms with van der Waals surface area (Å²) in [6.07, 6.45) is 0. The molecular formula is C11H12N4O2. The number of rotatable bonds is 2. The van der Waals surface area contributed by atoms with Crippen molar-refractivity contribution in [1.29, 1.82) is 0 Å². The van der Waals surface area contributed by atoms with Crippen molar-refractivity contribution in [2.75, 3.05) is 11.9 Å². The Bertz CT molecular complexity index is 585. The van der Waals surface area contributed by atoms with Crippen LogP contribution < -0.4 is 10.6 Å². The third kappa shape index (κ3) is 2.10. The first-order chi connectivity index (χ1) is 8.09. The predicted octanol–water partition coefficient (Wildman–Crippen LogP) is 0.385. The van der Waals surface area contributed by atoms with Gasteiger partial charge in [0.15, 0.2) is 0 Å². The molecule has 0 fully saturated rings. The second-order valence-corrected chi connectivity index (χ2v) is 3.60. The molecule has 1 N–H and O–H groups in total. The lowest BCUT2D eigenvalue weighted by atomic mass is 10.3. The van der Waals surface area contributed by atoms with Gasteiger partial charge in [-0.3, -0.25) is 9.78 Å². The molecule has 0 bridgehead atoms. The van der Waals surface area contributed by atoms with E-state index in [-0.39, 0.29) is 11.7 Å². The summed E-state index contributed by atoms with van der Waals surface area (Å²) >= 11 is 0. The minimum absolute atomic E-state index is 0.0313. The minimum atomic E-state index is -0.408. The number of H-pyrrole nitrogens is 1. The van der Waals surface area contributed by atoms with Gasteiger partial charge in [-0.25, -0.2) is 9.48 Å². The highest BCUT2D eigenvalue weighted by Gasteiger charge is 2.17. The zero-order valence-corrected chi connectivity index (χ0v) is 9.54. The first-order valence-corrected chi connectivity index (χ1v) is 5.06. The molecule has 0 aliphatic rings. The largest absolute Gasteiger partial charge is 0.343 e. The van der Waals surface area contributed by atoms with E-state index in [4.69, 9.17) is 0 Å². The number of benzene rings is 1. The summed E-state index contributed by atoms with van der Waals surface area (Å²) < 4.78 is 1.09. The molecule has 1 aromatic carbocycles. The van der Waals surface area contributed by atoms with Gasteiger partial charge in [0.1, 0.15) is 0 Å². The Morgan fingerprint density at radius 3 is 2.53 bits per heavy atom. The number of aromatic nitrogens is 3. The maximum absolute atomic E-state index is 12.0. The third-order valence-electron chi connectivity index (χ3n) is 2.42. The number of hydrogen-bond acceptors (Lipinski definition) is 3. The quantitative estimate of drug-likeness (QED) is 0.814. The van der Waals surface area contributed by atoms with Crippen molar-refractivity contribution in [3.05, 3.63) is 46.6 Å². The zero-order valence-electron chi connectivity index (χ0n) is 9.54. The highest BCUT2D eigenvalue weighted by molar-refractivity contribution is 6.02. The van der Waals surface area contributed by atoms with Crippen molar-refractivity contribution >= 4 is 11.6 Å². The topological polar surface area (TPSA) is 71.0 Å². The summed E-state index contributed by atoms with van der Waals surface area (Å²) in [6.45, 7) is 0. The molecule has 88 valence electrons. The van der Waals surface area contributed by atoms with Gasteiger partial charge in [0.2, 0.25) is 5.82 Å². The van der Waals surface area contributed by atoms with E-state index >= 15 is 0 Å². The summed E-state index contributed by atoms with van der Waals surface area (Å²) in [4.78, 5) is 27.0. The third-order valence-corrected chi connectivity index (χ3v) is 2.42. The minimum Gasteiger partial charge on any atom is -0.309 e. The van der Waals surface area contributed by atoms with Crippen molar-refractivity contribution in [3.63, 3.8) is 0 Å². The summed E-state index contributed by atoms with van der Waals surface area (Å²) in [7, 11) is 3.11. The predicted molar refractivity (Wildman–Crippen MR) is 63.0 cm³/mol. The number of nitrogens with one attached hydrogen (secondary N) is 1. The Hall–Kier alpha value is -2.37. The molecule has 2 rings (SSSR count). The molecule has 6 nitrogen and oxygen atoms in total. The number of aryl methyl sites for hydroxylation is 1. The summed E-state index contributed by atoms with van der Waals surface area (Å²) in [5.41, 5.74) is 0.332. The molecule has 2 aromatic rings. The molecule has 0 aliphatic heterocycles. The van der Waals surface area contributed by atoms with Crippen LogP contribution in [0.3, 0.4) is 0 Å². The maximum Gasteiger partial charge on any atom is 0.343 e. The smallest absolute Gasteiger partial charge is 0.309 e. The van der Waals surface area contributed by atoms with Crippen molar-refractivity contribution < 1.29 is 4.79 Å². The molecule has 1 amide bonds. The van der Waals surface area contributed by atoms with Crippen LogP contribution in [0.4, 0.5) is 5.69 Å². The van der Waals surface area contributed by atoms with Crippen LogP contribution in [0.2, 0.25) is 0 Å². The zero-order chi connectivity index (χ0) is 12.4. The molecule has 6 heteroatoms. The number of carbonyl (C=O) groups is 1. The Kier molecular flexibility index (Phi) is 2.78. The van der Waals surface area contributed by atoms with E-state index in [1.165, 1.54) is 11.9 Å². The van der Waals surface area contributed by atoms with E-state index in [9.17, 15) is 9.59 Å². The number of amides is 1. The van der Waals surface area contributed by atoms with Crippen molar-refractivity contribution in [3.8, 4) is 0 Å². The van der Waals surface area contributed by atoms with Crippen LogP contribution in [0.5, 0.6) is 0 Å². The lowest BCUT2D eigenvalue weighted by molar-refractivity contribution is 0.0983. The van der Waals surface area contributed by atoms with Crippen molar-refractivity contribution in [2.45, 2.75) is 0 Å². The van der Waals surface area contributed by atoms with Gasteiger partial charge in [-0.05, 0) is 12.1 Å². The monoisotopic (exact) mass is 232 g/mol. The van der Waals surface area contributed by atoms with Crippen LogP contribution >= 0.6 is 0 Å². The Balaban J connectivity index is 2.29. The van der Waals surface area contributed by atoms with Gasteiger partial charge < -0.3 is 4.90 Å². The molecule has 0 unspecified atom stereocenters. The molecule has 1 heterocycles. The fourth-order valence-electron chi connectivity index (χ4n) is 1.43. The average Bonchev–Trinajstić information content (AvgIpc) is 2.69. The van der Waals surface area contributed by atoms with E-state index in [0.717, 1.165) is 10.4 Å². The van der Waals surface area contributed by atoms with Crippen LogP contribution in [0.15, 0.2) is 35.1 Å². The van der Waals surface area contributed by atoms with Crippen LogP contribution in [-0.4, -0.2) is 27.7 Å². The van der Waals surface area contributed by atoms with Crippen LogP contribution in [0, 0.1) is 0 Å². The normalized spacial score (nSPS) is 10.2. The fraction of sp³-hybridized carbons (Fsp3) is 0.182. The molecule has 1 aromatic heterocycles. The van der Waals surface area contributed by atoms with Gasteiger partial charge in [-0.2, -0.15) is 0 Å². The number of hydrogen-bond donors (Lipinski definition) is 1. The standard InChI is InChI=1S/C11H12N4O2/c1-14(8-6-4-3-5-7-8)10(16)9-12-11(17)15(2)13-9/h3-7H,1-2H3,(H,12,13,17). The lowest BCUT2D eigenvalue weighted by Crippen LogP contribution is -2.27. The first kappa shape index (κ1) is 11.1. The van der Waals surface area contributed by atoms with E-state index in [0.29, 0.717) is 0 Å². The first-order valence-electron chi connectivity index (χ1n) is 5.06. The molecule has 0 saturated carbocycles. The van der Waals surface area contributed by atoms with Gasteiger partial charge in [0.05, 0.1) is 0 Å². The van der Waals surface area contributed by atoms with Gasteiger partial charge >= 0.3 is 5.69 Å². The number of para-hydroxylation sites is 1. The van der Waals surface area contributed by atoms with Crippen LogP contribution in [0.25, 0.3) is 0 Å². The second-order valence-electron chi connectivity index (χ2n) is 3.60. The number of aromatic amines is 1. The molecular weight excluding hydrogens is 220 g/mol.